The van der Waals surface area contributed by atoms with Crippen LogP contribution in [0.1, 0.15) is 31.4 Å². The fraction of sp³-hybridized carbons (Fsp3) is 0.478. The average molecular weight is 387 g/mol. The third-order valence-corrected chi connectivity index (χ3v) is 5.20. The van der Waals surface area contributed by atoms with E-state index in [9.17, 15) is 9.50 Å². The molecule has 0 saturated carbocycles. The SMILES string of the molecule is CC(C)(c1ccc(OCCCN2CC2)cc1)c1ccc(OCC(O)CF)cc1. The summed E-state index contributed by atoms with van der Waals surface area (Å²) in [6, 6.07) is 16.0. The fourth-order valence-electron chi connectivity index (χ4n) is 3.11. The summed E-state index contributed by atoms with van der Waals surface area (Å²) in [7, 11) is 0. The Labute approximate surface area is 166 Å². The molecule has 1 heterocycles. The number of hydrogen-bond acceptors (Lipinski definition) is 4. The van der Waals surface area contributed by atoms with Gasteiger partial charge in [0.25, 0.3) is 0 Å². The average Bonchev–Trinajstić information content (AvgIpc) is 3.54. The van der Waals surface area contributed by atoms with E-state index in [-0.39, 0.29) is 12.0 Å². The molecule has 152 valence electrons. The summed E-state index contributed by atoms with van der Waals surface area (Å²) in [5.74, 6) is 1.53. The van der Waals surface area contributed by atoms with Crippen molar-refractivity contribution in [2.75, 3.05) is 39.5 Å². The minimum atomic E-state index is -1.08. The quantitative estimate of drug-likeness (QED) is 0.470. The molecule has 0 spiro atoms. The Kier molecular flexibility index (Phi) is 6.92. The molecule has 0 radical (unpaired) electrons. The maximum absolute atomic E-state index is 12.3. The lowest BCUT2D eigenvalue weighted by Crippen LogP contribution is -2.20. The first kappa shape index (κ1) is 20.6. The molecule has 1 unspecified atom stereocenters. The second kappa shape index (κ2) is 9.39. The molecule has 28 heavy (non-hydrogen) atoms. The summed E-state index contributed by atoms with van der Waals surface area (Å²) in [6.07, 6.45) is -0.0209. The van der Waals surface area contributed by atoms with Crippen LogP contribution < -0.4 is 9.47 Å². The topological polar surface area (TPSA) is 41.7 Å². The number of alkyl halides is 1. The summed E-state index contributed by atoms with van der Waals surface area (Å²) in [5.41, 5.74) is 2.18. The lowest BCUT2D eigenvalue weighted by molar-refractivity contribution is 0.0842. The number of aliphatic hydroxyl groups is 1. The van der Waals surface area contributed by atoms with Crippen molar-refractivity contribution in [3.8, 4) is 11.5 Å². The number of rotatable bonds is 11. The van der Waals surface area contributed by atoms with Crippen LogP contribution in [0.15, 0.2) is 48.5 Å². The monoisotopic (exact) mass is 387 g/mol. The number of nitrogens with zero attached hydrogens (tertiary/aromatic N) is 1. The molecular formula is C23H30FNO3. The Hall–Kier alpha value is -2.11. The first-order valence-electron chi connectivity index (χ1n) is 9.92. The van der Waals surface area contributed by atoms with Gasteiger partial charge in [-0.1, -0.05) is 38.1 Å². The molecule has 2 aromatic carbocycles. The van der Waals surface area contributed by atoms with Gasteiger partial charge >= 0.3 is 0 Å². The molecule has 2 aromatic rings. The van der Waals surface area contributed by atoms with Crippen LogP contribution in [0.25, 0.3) is 0 Å². The lowest BCUT2D eigenvalue weighted by atomic mass is 9.78. The Morgan fingerprint density at radius 2 is 1.50 bits per heavy atom. The summed E-state index contributed by atoms with van der Waals surface area (Å²) in [4.78, 5) is 2.40. The van der Waals surface area contributed by atoms with E-state index in [0.717, 1.165) is 30.9 Å². The summed E-state index contributed by atoms with van der Waals surface area (Å²) >= 11 is 0. The Morgan fingerprint density at radius 3 is 2.00 bits per heavy atom. The predicted octanol–water partition coefficient (Wildman–Crippen LogP) is 3.81. The fourth-order valence-corrected chi connectivity index (χ4v) is 3.11. The standard InChI is InChI=1S/C23H30FNO3/c1-23(2,19-6-10-22(11-7-19)28-17-20(26)16-24)18-4-8-21(9-5-18)27-15-3-12-25-13-14-25/h4-11,20,26H,3,12-17H2,1-2H3. The van der Waals surface area contributed by atoms with Crippen molar-refractivity contribution in [2.24, 2.45) is 0 Å². The van der Waals surface area contributed by atoms with Gasteiger partial charge in [-0.05, 0) is 41.8 Å². The molecular weight excluding hydrogens is 357 g/mol. The zero-order valence-corrected chi connectivity index (χ0v) is 16.7. The normalized spacial score (nSPS) is 15.3. The van der Waals surface area contributed by atoms with Crippen LogP contribution in [0.2, 0.25) is 0 Å². The Balaban J connectivity index is 1.56. The zero-order chi connectivity index (χ0) is 20.0. The van der Waals surface area contributed by atoms with Crippen molar-refractivity contribution >= 4 is 0 Å². The number of ether oxygens (including phenoxy) is 2. The van der Waals surface area contributed by atoms with Crippen LogP contribution in [0.4, 0.5) is 4.39 Å². The largest absolute Gasteiger partial charge is 0.494 e. The highest BCUT2D eigenvalue weighted by molar-refractivity contribution is 5.41. The van der Waals surface area contributed by atoms with E-state index in [4.69, 9.17) is 9.47 Å². The van der Waals surface area contributed by atoms with E-state index >= 15 is 0 Å². The zero-order valence-electron chi connectivity index (χ0n) is 16.7. The van der Waals surface area contributed by atoms with E-state index in [2.05, 4.69) is 30.9 Å². The number of hydrogen-bond donors (Lipinski definition) is 1. The summed E-state index contributed by atoms with van der Waals surface area (Å²) in [5, 5.41) is 9.26. The van der Waals surface area contributed by atoms with Gasteiger partial charge in [0, 0.05) is 25.0 Å². The second-order valence-electron chi connectivity index (χ2n) is 7.84. The molecule has 3 rings (SSSR count). The second-order valence-corrected chi connectivity index (χ2v) is 7.84. The van der Waals surface area contributed by atoms with Crippen LogP contribution in [-0.2, 0) is 5.41 Å². The van der Waals surface area contributed by atoms with Crippen molar-refractivity contribution in [1.29, 1.82) is 0 Å². The van der Waals surface area contributed by atoms with Crippen LogP contribution in [0.5, 0.6) is 11.5 Å². The van der Waals surface area contributed by atoms with Crippen LogP contribution in [-0.4, -0.2) is 55.6 Å². The minimum absolute atomic E-state index is 0.0429. The summed E-state index contributed by atoms with van der Waals surface area (Å²) in [6.45, 7) is 7.84. The van der Waals surface area contributed by atoms with E-state index in [1.807, 2.05) is 36.4 Å². The molecule has 0 aliphatic carbocycles. The molecule has 1 N–H and O–H groups in total. The molecule has 1 saturated heterocycles. The molecule has 0 aromatic heterocycles. The summed E-state index contributed by atoms with van der Waals surface area (Å²) < 4.78 is 23.5. The third kappa shape index (κ3) is 5.69. The number of aliphatic hydroxyl groups excluding tert-OH is 1. The van der Waals surface area contributed by atoms with Gasteiger partial charge in [-0.2, -0.15) is 0 Å². The maximum Gasteiger partial charge on any atom is 0.119 e. The first-order valence-corrected chi connectivity index (χ1v) is 9.92. The highest BCUT2D eigenvalue weighted by Crippen LogP contribution is 2.33. The van der Waals surface area contributed by atoms with Gasteiger partial charge in [-0.25, -0.2) is 4.39 Å². The molecule has 1 aliphatic rings. The van der Waals surface area contributed by atoms with Crippen molar-refractivity contribution < 1.29 is 19.0 Å². The molecule has 4 nitrogen and oxygen atoms in total. The van der Waals surface area contributed by atoms with E-state index in [0.29, 0.717) is 5.75 Å². The van der Waals surface area contributed by atoms with E-state index < -0.39 is 12.8 Å². The van der Waals surface area contributed by atoms with Gasteiger partial charge in [-0.15, -0.1) is 0 Å². The van der Waals surface area contributed by atoms with E-state index in [1.54, 1.807) is 0 Å². The number of halogens is 1. The molecule has 0 bridgehead atoms. The van der Waals surface area contributed by atoms with E-state index in [1.165, 1.54) is 18.7 Å². The third-order valence-electron chi connectivity index (χ3n) is 5.20. The first-order chi connectivity index (χ1) is 13.5. The lowest BCUT2D eigenvalue weighted by Gasteiger charge is -2.26. The highest BCUT2D eigenvalue weighted by Gasteiger charge is 2.23. The molecule has 5 heteroatoms. The van der Waals surface area contributed by atoms with Gasteiger partial charge < -0.3 is 19.5 Å². The highest BCUT2D eigenvalue weighted by atomic mass is 19.1. The van der Waals surface area contributed by atoms with Gasteiger partial charge in [-0.3, -0.25) is 0 Å². The van der Waals surface area contributed by atoms with Crippen molar-refractivity contribution in [2.45, 2.75) is 31.8 Å². The van der Waals surface area contributed by atoms with Crippen molar-refractivity contribution in [3.63, 3.8) is 0 Å². The molecule has 1 fully saturated rings. The predicted molar refractivity (Wildman–Crippen MR) is 109 cm³/mol. The van der Waals surface area contributed by atoms with Gasteiger partial charge in [0.2, 0.25) is 0 Å². The van der Waals surface area contributed by atoms with Gasteiger partial charge in [0.05, 0.1) is 6.61 Å². The van der Waals surface area contributed by atoms with Gasteiger partial charge in [0.1, 0.15) is 30.9 Å². The van der Waals surface area contributed by atoms with Gasteiger partial charge in [0.15, 0.2) is 0 Å². The Morgan fingerprint density at radius 1 is 0.964 bits per heavy atom. The minimum Gasteiger partial charge on any atom is -0.494 e. The maximum atomic E-state index is 12.3. The van der Waals surface area contributed by atoms with Crippen LogP contribution in [0.3, 0.4) is 0 Å². The molecule has 1 atom stereocenters. The molecule has 0 amide bonds. The van der Waals surface area contributed by atoms with Crippen molar-refractivity contribution in [3.05, 3.63) is 59.7 Å². The Bertz CT molecular complexity index is 727. The van der Waals surface area contributed by atoms with Crippen molar-refractivity contribution in [1.82, 2.24) is 4.90 Å². The van der Waals surface area contributed by atoms with Crippen LogP contribution >= 0.6 is 0 Å². The van der Waals surface area contributed by atoms with Crippen LogP contribution in [0, 0.1) is 0 Å². The molecule has 1 aliphatic heterocycles. The number of benzene rings is 2. The smallest absolute Gasteiger partial charge is 0.119 e.